The van der Waals surface area contributed by atoms with Crippen LogP contribution in [-0.2, 0) is 10.0 Å². The molecule has 2 aromatic heterocycles. The molecule has 1 saturated carbocycles. The lowest BCUT2D eigenvalue weighted by Crippen LogP contribution is -2.30. The minimum Gasteiger partial charge on any atom is -0.371 e. The second kappa shape index (κ2) is 5.01. The lowest BCUT2D eigenvalue weighted by Gasteiger charge is -2.12. The first-order chi connectivity index (χ1) is 9.53. The minimum atomic E-state index is -3.56. The highest BCUT2D eigenvalue weighted by molar-refractivity contribution is 7.89. The lowest BCUT2D eigenvalue weighted by molar-refractivity contribution is 0.491. The molecule has 1 fully saturated rings. The number of hydrogen-bond acceptors (Lipinski definition) is 5. The van der Waals surface area contributed by atoms with Crippen LogP contribution in [0.2, 0.25) is 0 Å². The summed E-state index contributed by atoms with van der Waals surface area (Å²) >= 11 is 1.41. The second-order valence-electron chi connectivity index (χ2n) is 5.24. The van der Waals surface area contributed by atoms with E-state index in [4.69, 9.17) is 0 Å². The summed E-state index contributed by atoms with van der Waals surface area (Å²) in [6.45, 7) is 2.57. The van der Waals surface area contributed by atoms with Crippen LogP contribution < -0.4 is 10.0 Å². The fourth-order valence-electron chi connectivity index (χ4n) is 2.33. The predicted molar refractivity (Wildman–Crippen MR) is 79.7 cm³/mol. The van der Waals surface area contributed by atoms with Crippen molar-refractivity contribution in [2.45, 2.75) is 24.8 Å². The number of imidazole rings is 1. The molecule has 2 N–H and O–H groups in total. The fraction of sp³-hybridized carbons (Fsp3) is 0.583. The molecule has 1 atom stereocenters. The Labute approximate surface area is 122 Å². The summed E-state index contributed by atoms with van der Waals surface area (Å²) in [5.74, 6) is 1.45. The molecule has 1 aliphatic carbocycles. The van der Waals surface area contributed by atoms with E-state index in [1.54, 1.807) is 17.6 Å². The Morgan fingerprint density at radius 1 is 1.55 bits per heavy atom. The molecular weight excluding hydrogens is 296 g/mol. The first kappa shape index (κ1) is 13.8. The summed E-state index contributed by atoms with van der Waals surface area (Å²) in [4.78, 5) is 4.95. The van der Waals surface area contributed by atoms with Gasteiger partial charge in [-0.2, -0.15) is 0 Å². The Kier molecular flexibility index (Phi) is 3.47. The van der Waals surface area contributed by atoms with Crippen LogP contribution in [0.25, 0.3) is 4.96 Å². The topological polar surface area (TPSA) is 75.5 Å². The van der Waals surface area contributed by atoms with Crippen LogP contribution in [-0.4, -0.2) is 31.4 Å². The van der Waals surface area contributed by atoms with Gasteiger partial charge in [0.1, 0.15) is 0 Å². The van der Waals surface area contributed by atoms with Crippen LogP contribution >= 0.6 is 11.3 Å². The zero-order chi connectivity index (χ0) is 14.3. The summed E-state index contributed by atoms with van der Waals surface area (Å²) in [6, 6.07) is 0. The molecule has 2 aromatic rings. The van der Waals surface area contributed by atoms with Gasteiger partial charge >= 0.3 is 0 Å². The molecule has 2 heterocycles. The van der Waals surface area contributed by atoms with E-state index < -0.39 is 10.0 Å². The first-order valence-electron chi connectivity index (χ1n) is 6.66. The fourth-order valence-corrected chi connectivity index (χ4v) is 4.53. The monoisotopic (exact) mass is 314 g/mol. The van der Waals surface area contributed by atoms with Crippen LogP contribution in [0, 0.1) is 11.8 Å². The van der Waals surface area contributed by atoms with Crippen molar-refractivity contribution in [1.29, 1.82) is 0 Å². The average Bonchev–Trinajstić information content (AvgIpc) is 3.05. The summed E-state index contributed by atoms with van der Waals surface area (Å²) in [5.41, 5.74) is 0. The Morgan fingerprint density at radius 2 is 2.30 bits per heavy atom. The largest absolute Gasteiger partial charge is 0.371 e. The van der Waals surface area contributed by atoms with Gasteiger partial charge in [-0.15, -0.1) is 11.3 Å². The number of fused-ring (bicyclic) bond motifs is 1. The molecule has 0 aromatic carbocycles. The number of thiazole rings is 1. The number of sulfonamides is 1. The van der Waals surface area contributed by atoms with Gasteiger partial charge in [-0.25, -0.2) is 18.1 Å². The first-order valence-corrected chi connectivity index (χ1v) is 9.02. The number of rotatable bonds is 6. The van der Waals surface area contributed by atoms with Gasteiger partial charge < -0.3 is 5.32 Å². The summed E-state index contributed by atoms with van der Waals surface area (Å²) in [7, 11) is -1.88. The number of hydrogen-bond donors (Lipinski definition) is 2. The molecule has 3 rings (SSSR count). The quantitative estimate of drug-likeness (QED) is 0.852. The van der Waals surface area contributed by atoms with Crippen molar-refractivity contribution >= 4 is 32.1 Å². The summed E-state index contributed by atoms with van der Waals surface area (Å²) in [5, 5.41) is 4.88. The molecule has 0 radical (unpaired) electrons. The van der Waals surface area contributed by atoms with E-state index in [0.29, 0.717) is 29.2 Å². The zero-order valence-electron chi connectivity index (χ0n) is 11.5. The zero-order valence-corrected chi connectivity index (χ0v) is 13.1. The number of anilines is 1. The average molecular weight is 314 g/mol. The van der Waals surface area contributed by atoms with Crippen LogP contribution in [0.5, 0.6) is 0 Å². The molecule has 6 nitrogen and oxygen atoms in total. The van der Waals surface area contributed by atoms with E-state index in [9.17, 15) is 8.42 Å². The smallest absolute Gasteiger partial charge is 0.260 e. The van der Waals surface area contributed by atoms with E-state index >= 15 is 0 Å². The highest BCUT2D eigenvalue weighted by atomic mass is 32.2. The molecule has 1 unspecified atom stereocenters. The highest BCUT2D eigenvalue weighted by Crippen LogP contribution is 2.36. The van der Waals surface area contributed by atoms with E-state index in [0.717, 1.165) is 0 Å². The molecule has 0 bridgehead atoms. The van der Waals surface area contributed by atoms with Gasteiger partial charge in [-0.1, -0.05) is 6.92 Å². The molecule has 1 aliphatic rings. The van der Waals surface area contributed by atoms with Gasteiger partial charge in [0.05, 0.1) is 0 Å². The third-order valence-electron chi connectivity index (χ3n) is 3.73. The predicted octanol–water partition coefficient (Wildman–Crippen LogP) is 1.76. The maximum Gasteiger partial charge on any atom is 0.260 e. The SMILES string of the molecule is CNc1nc2sccn2c1S(=O)(=O)NCC(C)C1CC1. The van der Waals surface area contributed by atoms with Gasteiger partial charge in [0.2, 0.25) is 0 Å². The second-order valence-corrected chi connectivity index (χ2v) is 7.79. The van der Waals surface area contributed by atoms with E-state index in [1.165, 1.54) is 24.2 Å². The van der Waals surface area contributed by atoms with Crippen LogP contribution in [0.15, 0.2) is 16.6 Å². The summed E-state index contributed by atoms with van der Waals surface area (Å²) in [6.07, 6.45) is 4.16. The standard InChI is InChI=1S/C12H18N4O2S2/c1-8(9-3-4-9)7-14-20(17,18)11-10(13-2)15-12-16(11)5-6-19-12/h5-6,8-9,13-14H,3-4,7H2,1-2H3. The van der Waals surface area contributed by atoms with Gasteiger partial charge in [0.25, 0.3) is 10.0 Å². The third kappa shape index (κ3) is 2.43. The van der Waals surface area contributed by atoms with Crippen LogP contribution in [0.1, 0.15) is 19.8 Å². The van der Waals surface area contributed by atoms with Gasteiger partial charge in [0, 0.05) is 25.2 Å². The number of nitrogens with zero attached hydrogens (tertiary/aromatic N) is 2. The van der Waals surface area contributed by atoms with Crippen molar-refractivity contribution in [2.75, 3.05) is 18.9 Å². The van der Waals surface area contributed by atoms with Crippen molar-refractivity contribution in [2.24, 2.45) is 11.8 Å². The van der Waals surface area contributed by atoms with Crippen LogP contribution in [0.3, 0.4) is 0 Å². The molecule has 20 heavy (non-hydrogen) atoms. The van der Waals surface area contributed by atoms with Crippen molar-refractivity contribution < 1.29 is 8.42 Å². The maximum absolute atomic E-state index is 12.5. The molecule has 8 heteroatoms. The van der Waals surface area contributed by atoms with Crippen molar-refractivity contribution in [3.63, 3.8) is 0 Å². The van der Waals surface area contributed by atoms with Crippen molar-refractivity contribution in [1.82, 2.24) is 14.1 Å². The molecule has 0 amide bonds. The Balaban J connectivity index is 1.89. The van der Waals surface area contributed by atoms with Crippen molar-refractivity contribution in [3.05, 3.63) is 11.6 Å². The Bertz CT molecular complexity index is 715. The highest BCUT2D eigenvalue weighted by Gasteiger charge is 2.30. The normalized spacial score (nSPS) is 17.5. The Morgan fingerprint density at radius 3 is 2.95 bits per heavy atom. The number of aromatic nitrogens is 2. The van der Waals surface area contributed by atoms with Crippen LogP contribution in [0.4, 0.5) is 5.82 Å². The molecule has 0 saturated heterocycles. The molecular formula is C12H18N4O2S2. The minimum absolute atomic E-state index is 0.194. The third-order valence-corrected chi connectivity index (χ3v) is 5.93. The lowest BCUT2D eigenvalue weighted by atomic mass is 10.1. The Hall–Kier alpha value is -1.12. The summed E-state index contributed by atoms with van der Waals surface area (Å²) < 4.78 is 29.4. The van der Waals surface area contributed by atoms with Gasteiger partial charge in [-0.3, -0.25) is 4.40 Å². The van der Waals surface area contributed by atoms with E-state index in [-0.39, 0.29) is 5.03 Å². The van der Waals surface area contributed by atoms with E-state index in [1.807, 2.05) is 5.38 Å². The molecule has 0 spiro atoms. The maximum atomic E-state index is 12.5. The van der Waals surface area contributed by atoms with Gasteiger partial charge in [-0.05, 0) is 24.7 Å². The van der Waals surface area contributed by atoms with Gasteiger partial charge in [0.15, 0.2) is 15.8 Å². The molecule has 0 aliphatic heterocycles. The van der Waals surface area contributed by atoms with E-state index in [2.05, 4.69) is 21.9 Å². The number of nitrogens with one attached hydrogen (secondary N) is 2. The van der Waals surface area contributed by atoms with Crippen molar-refractivity contribution in [3.8, 4) is 0 Å². The molecule has 110 valence electrons.